The lowest BCUT2D eigenvalue weighted by molar-refractivity contribution is -0.117. The van der Waals surface area contributed by atoms with E-state index in [0.717, 1.165) is 0 Å². The zero-order valence-electron chi connectivity index (χ0n) is 12.6. The molecule has 0 aliphatic rings. The number of carbonyl (C=O) groups is 3. The lowest BCUT2D eigenvalue weighted by atomic mass is 10.2. The molecule has 0 aliphatic heterocycles. The van der Waals surface area contributed by atoms with Crippen LogP contribution in [0.5, 0.6) is 0 Å². The van der Waals surface area contributed by atoms with E-state index < -0.39 is 5.97 Å². The van der Waals surface area contributed by atoms with Crippen molar-refractivity contribution < 1.29 is 19.1 Å². The summed E-state index contributed by atoms with van der Waals surface area (Å²) in [5, 5.41) is 12.6. The number of hydrogen-bond donors (Lipinski definition) is 2. The first-order chi connectivity index (χ1) is 11.0. The van der Waals surface area contributed by atoms with Gasteiger partial charge in [-0.2, -0.15) is 0 Å². The van der Waals surface area contributed by atoms with Crippen LogP contribution in [-0.2, 0) is 20.9 Å². The van der Waals surface area contributed by atoms with Crippen molar-refractivity contribution in [2.45, 2.75) is 13.5 Å². The molecular formula is C14H15N5O4. The number of nitrogens with one attached hydrogen (secondary N) is 2. The number of rotatable bonds is 5. The second-order valence-corrected chi connectivity index (χ2v) is 4.60. The molecule has 0 unspecified atom stereocenters. The predicted octanol–water partition coefficient (Wildman–Crippen LogP) is 0.662. The molecule has 1 heterocycles. The standard InChI is InChI=1S/C14H15N5O4/c1-9(20)15-10-4-3-5-11(6-10)16-13(21)8-19-7-12(17-18-19)14(22)23-2/h3-7H,8H2,1-2H3,(H,15,20)(H,16,21). The van der Waals surface area contributed by atoms with E-state index in [1.165, 1.54) is 24.9 Å². The molecule has 0 radical (unpaired) electrons. The SMILES string of the molecule is COC(=O)c1cn(CC(=O)Nc2cccc(NC(C)=O)c2)nn1. The third kappa shape index (κ3) is 4.63. The molecule has 0 saturated carbocycles. The van der Waals surface area contributed by atoms with Gasteiger partial charge in [0.05, 0.1) is 13.3 Å². The predicted molar refractivity (Wildman–Crippen MR) is 80.7 cm³/mol. The van der Waals surface area contributed by atoms with E-state index in [4.69, 9.17) is 0 Å². The Hall–Kier alpha value is -3.23. The normalized spacial score (nSPS) is 10.0. The second-order valence-electron chi connectivity index (χ2n) is 4.60. The van der Waals surface area contributed by atoms with Crippen molar-refractivity contribution in [3.05, 3.63) is 36.2 Å². The molecule has 23 heavy (non-hydrogen) atoms. The van der Waals surface area contributed by atoms with Crippen molar-refractivity contribution in [3.8, 4) is 0 Å². The number of anilines is 2. The van der Waals surface area contributed by atoms with Gasteiger partial charge < -0.3 is 15.4 Å². The maximum absolute atomic E-state index is 12.0. The first-order valence-electron chi connectivity index (χ1n) is 6.64. The van der Waals surface area contributed by atoms with Gasteiger partial charge >= 0.3 is 5.97 Å². The Morgan fingerprint density at radius 1 is 1.22 bits per heavy atom. The topological polar surface area (TPSA) is 115 Å². The average Bonchev–Trinajstić information content (AvgIpc) is 2.94. The van der Waals surface area contributed by atoms with Gasteiger partial charge in [-0.15, -0.1) is 5.10 Å². The third-order valence-corrected chi connectivity index (χ3v) is 2.71. The Balaban J connectivity index is 1.98. The Kier molecular flexibility index (Phi) is 5.03. The number of methoxy groups -OCH3 is 1. The van der Waals surface area contributed by atoms with Crippen molar-refractivity contribution in [1.82, 2.24) is 15.0 Å². The van der Waals surface area contributed by atoms with Gasteiger partial charge in [0.15, 0.2) is 5.69 Å². The largest absolute Gasteiger partial charge is 0.464 e. The highest BCUT2D eigenvalue weighted by molar-refractivity contribution is 5.93. The fourth-order valence-corrected chi connectivity index (χ4v) is 1.80. The number of esters is 1. The fraction of sp³-hybridized carbons (Fsp3) is 0.214. The van der Waals surface area contributed by atoms with E-state index in [1.54, 1.807) is 24.3 Å². The number of amides is 2. The second kappa shape index (κ2) is 7.16. The van der Waals surface area contributed by atoms with Crippen molar-refractivity contribution >= 4 is 29.2 Å². The van der Waals surface area contributed by atoms with E-state index >= 15 is 0 Å². The molecule has 2 N–H and O–H groups in total. The minimum absolute atomic E-state index is 0.0213. The summed E-state index contributed by atoms with van der Waals surface area (Å²) in [6.07, 6.45) is 1.32. The van der Waals surface area contributed by atoms with Crippen LogP contribution in [0.15, 0.2) is 30.5 Å². The lowest BCUT2D eigenvalue weighted by Crippen LogP contribution is -2.19. The molecule has 1 aromatic heterocycles. The first kappa shape index (κ1) is 16.1. The summed E-state index contributed by atoms with van der Waals surface area (Å²) in [5.74, 6) is -1.18. The van der Waals surface area contributed by atoms with Crippen LogP contribution < -0.4 is 10.6 Å². The Morgan fingerprint density at radius 3 is 2.57 bits per heavy atom. The average molecular weight is 317 g/mol. The van der Waals surface area contributed by atoms with Gasteiger partial charge in [0.1, 0.15) is 6.54 Å². The zero-order valence-corrected chi connectivity index (χ0v) is 12.6. The van der Waals surface area contributed by atoms with E-state index in [1.807, 2.05) is 0 Å². The molecular weight excluding hydrogens is 302 g/mol. The molecule has 0 atom stereocenters. The van der Waals surface area contributed by atoms with Crippen LogP contribution in [0.3, 0.4) is 0 Å². The van der Waals surface area contributed by atoms with Crippen molar-refractivity contribution in [1.29, 1.82) is 0 Å². The van der Waals surface area contributed by atoms with Crippen LogP contribution in [0.1, 0.15) is 17.4 Å². The molecule has 1 aromatic carbocycles. The molecule has 9 nitrogen and oxygen atoms in total. The number of benzene rings is 1. The summed E-state index contributed by atoms with van der Waals surface area (Å²) < 4.78 is 5.73. The van der Waals surface area contributed by atoms with Crippen LogP contribution in [0.4, 0.5) is 11.4 Å². The lowest BCUT2D eigenvalue weighted by Gasteiger charge is -2.07. The highest BCUT2D eigenvalue weighted by atomic mass is 16.5. The number of nitrogens with zero attached hydrogens (tertiary/aromatic N) is 3. The summed E-state index contributed by atoms with van der Waals surface area (Å²) in [5.41, 5.74) is 1.12. The molecule has 0 fully saturated rings. The summed E-state index contributed by atoms with van der Waals surface area (Å²) in [6, 6.07) is 6.72. The number of aromatic nitrogens is 3. The number of hydrogen-bond acceptors (Lipinski definition) is 6. The van der Waals surface area contributed by atoms with E-state index in [0.29, 0.717) is 11.4 Å². The van der Waals surface area contributed by atoms with Gasteiger partial charge in [-0.1, -0.05) is 11.3 Å². The van der Waals surface area contributed by atoms with E-state index in [-0.39, 0.29) is 24.1 Å². The molecule has 0 bridgehead atoms. The molecule has 2 rings (SSSR count). The fourth-order valence-electron chi connectivity index (χ4n) is 1.80. The van der Waals surface area contributed by atoms with Crippen LogP contribution >= 0.6 is 0 Å². The van der Waals surface area contributed by atoms with Crippen molar-refractivity contribution in [2.75, 3.05) is 17.7 Å². The number of ether oxygens (including phenoxy) is 1. The quantitative estimate of drug-likeness (QED) is 0.783. The minimum Gasteiger partial charge on any atom is -0.464 e. The minimum atomic E-state index is -0.625. The monoisotopic (exact) mass is 317 g/mol. The van der Waals surface area contributed by atoms with Gasteiger partial charge in [-0.05, 0) is 18.2 Å². The van der Waals surface area contributed by atoms with Crippen LogP contribution in [0.2, 0.25) is 0 Å². The summed E-state index contributed by atoms with van der Waals surface area (Å²) in [4.78, 5) is 34.2. The molecule has 2 aromatic rings. The Morgan fingerprint density at radius 2 is 1.91 bits per heavy atom. The highest BCUT2D eigenvalue weighted by Crippen LogP contribution is 2.15. The van der Waals surface area contributed by atoms with Gasteiger partial charge in [0, 0.05) is 18.3 Å². The zero-order chi connectivity index (χ0) is 16.8. The van der Waals surface area contributed by atoms with Gasteiger partial charge in [0.25, 0.3) is 0 Å². The number of carbonyl (C=O) groups excluding carboxylic acids is 3. The van der Waals surface area contributed by atoms with Gasteiger partial charge in [-0.25, -0.2) is 9.48 Å². The van der Waals surface area contributed by atoms with Crippen LogP contribution in [0.25, 0.3) is 0 Å². The van der Waals surface area contributed by atoms with Crippen LogP contribution in [0, 0.1) is 0 Å². The molecule has 2 amide bonds. The van der Waals surface area contributed by atoms with E-state index in [9.17, 15) is 14.4 Å². The molecule has 9 heteroatoms. The summed E-state index contributed by atoms with van der Waals surface area (Å²) in [6.45, 7) is 1.28. The summed E-state index contributed by atoms with van der Waals surface area (Å²) >= 11 is 0. The van der Waals surface area contributed by atoms with Crippen molar-refractivity contribution in [2.24, 2.45) is 0 Å². The van der Waals surface area contributed by atoms with Gasteiger partial charge in [-0.3, -0.25) is 9.59 Å². The van der Waals surface area contributed by atoms with E-state index in [2.05, 4.69) is 25.7 Å². The summed E-state index contributed by atoms with van der Waals surface area (Å²) in [7, 11) is 1.23. The van der Waals surface area contributed by atoms with Crippen molar-refractivity contribution in [3.63, 3.8) is 0 Å². The van der Waals surface area contributed by atoms with Gasteiger partial charge in [0.2, 0.25) is 11.8 Å². The Bertz CT molecular complexity index is 740. The van der Waals surface area contributed by atoms with Crippen LogP contribution in [-0.4, -0.2) is 39.9 Å². The molecule has 120 valence electrons. The maximum Gasteiger partial charge on any atom is 0.360 e. The third-order valence-electron chi connectivity index (χ3n) is 2.71. The molecule has 0 spiro atoms. The smallest absolute Gasteiger partial charge is 0.360 e. The molecule has 0 saturated heterocycles. The maximum atomic E-state index is 12.0. The Labute approximate surface area is 131 Å². The molecule has 0 aliphatic carbocycles. The first-order valence-corrected chi connectivity index (χ1v) is 6.64. The highest BCUT2D eigenvalue weighted by Gasteiger charge is 2.12.